The van der Waals surface area contributed by atoms with E-state index in [1.165, 1.54) is 0 Å². The molecule has 1 aliphatic heterocycles. The van der Waals surface area contributed by atoms with Crippen LogP contribution in [0.2, 0.25) is 0 Å². The molecule has 2 rings (SSSR count). The highest BCUT2D eigenvalue weighted by atomic mass is 32.1. The number of rotatable bonds is 2. The van der Waals surface area contributed by atoms with Gasteiger partial charge in [-0.15, -0.1) is 0 Å². The molecular formula is C17H25N3O2S. The van der Waals surface area contributed by atoms with Crippen LogP contribution in [0.15, 0.2) is 10.7 Å². The predicted octanol–water partition coefficient (Wildman–Crippen LogP) is 3.85. The van der Waals surface area contributed by atoms with Crippen molar-refractivity contribution < 1.29 is 9.63 Å². The van der Waals surface area contributed by atoms with E-state index < -0.39 is 5.97 Å². The zero-order valence-electron chi connectivity index (χ0n) is 15.1. The topological polar surface area (TPSA) is 54.8 Å². The predicted molar refractivity (Wildman–Crippen MR) is 96.1 cm³/mol. The lowest BCUT2D eigenvalue weighted by Crippen LogP contribution is -2.22. The van der Waals surface area contributed by atoms with Crippen molar-refractivity contribution in [2.24, 2.45) is 10.6 Å². The molecule has 0 N–H and O–H groups in total. The van der Waals surface area contributed by atoms with Gasteiger partial charge in [0.15, 0.2) is 5.13 Å². The molecule has 0 aromatic carbocycles. The molecule has 0 aliphatic carbocycles. The molecule has 0 bridgehead atoms. The van der Waals surface area contributed by atoms with Crippen LogP contribution in [0.25, 0.3) is 6.08 Å². The minimum absolute atomic E-state index is 0.112. The summed E-state index contributed by atoms with van der Waals surface area (Å²) < 4.78 is 0. The molecule has 0 fully saturated rings. The van der Waals surface area contributed by atoms with E-state index in [9.17, 15) is 4.79 Å². The number of hydrogen-bond acceptors (Lipinski definition) is 6. The maximum atomic E-state index is 12.1. The zero-order chi connectivity index (χ0) is 17.6. The first-order valence-electron chi connectivity index (χ1n) is 7.62. The maximum absolute atomic E-state index is 12.1. The van der Waals surface area contributed by atoms with Gasteiger partial charge < -0.3 is 9.74 Å². The highest BCUT2D eigenvalue weighted by Gasteiger charge is 2.35. The van der Waals surface area contributed by atoms with Crippen molar-refractivity contribution in [1.29, 1.82) is 0 Å². The fraction of sp³-hybridized carbons (Fsp3) is 0.588. The van der Waals surface area contributed by atoms with Crippen molar-refractivity contribution in [3.63, 3.8) is 0 Å². The van der Waals surface area contributed by atoms with Gasteiger partial charge in [0.05, 0.1) is 16.1 Å². The number of anilines is 1. The van der Waals surface area contributed by atoms with Crippen LogP contribution in [0, 0.1) is 5.41 Å². The molecule has 126 valence electrons. The molecule has 0 atom stereocenters. The maximum Gasteiger partial charge on any atom is 0.367 e. The summed E-state index contributed by atoms with van der Waals surface area (Å²) in [6, 6.07) is 0. The van der Waals surface area contributed by atoms with E-state index in [1.54, 1.807) is 11.3 Å². The van der Waals surface area contributed by atoms with Crippen molar-refractivity contribution in [1.82, 2.24) is 4.98 Å². The first-order chi connectivity index (χ1) is 10.4. The van der Waals surface area contributed by atoms with Crippen LogP contribution in [0.4, 0.5) is 5.13 Å². The highest BCUT2D eigenvalue weighted by molar-refractivity contribution is 7.16. The Kier molecular flexibility index (Phi) is 4.41. The number of carbonyl (C=O) groups excluding carboxylic acids is 1. The number of hydrogen-bond donors (Lipinski definition) is 0. The molecule has 0 saturated carbocycles. The number of nitrogens with zero attached hydrogens (tertiary/aromatic N) is 3. The van der Waals surface area contributed by atoms with E-state index in [0.717, 1.165) is 15.7 Å². The molecule has 0 amide bonds. The molecule has 0 spiro atoms. The fourth-order valence-corrected chi connectivity index (χ4v) is 3.37. The molecule has 1 aromatic heterocycles. The largest absolute Gasteiger partial charge is 0.367 e. The molecule has 6 heteroatoms. The van der Waals surface area contributed by atoms with Gasteiger partial charge in [-0.2, -0.15) is 0 Å². The number of carbonyl (C=O) groups is 1. The third kappa shape index (κ3) is 3.63. The quantitative estimate of drug-likeness (QED) is 0.608. The summed E-state index contributed by atoms with van der Waals surface area (Å²) in [7, 11) is 3.93. The van der Waals surface area contributed by atoms with Crippen molar-refractivity contribution in [2.45, 2.75) is 47.0 Å². The van der Waals surface area contributed by atoms with Crippen molar-refractivity contribution in [3.8, 4) is 0 Å². The van der Waals surface area contributed by atoms with E-state index in [4.69, 9.17) is 9.82 Å². The number of thiazole rings is 1. The van der Waals surface area contributed by atoms with Gasteiger partial charge in [0.25, 0.3) is 0 Å². The molecule has 1 aromatic rings. The molecule has 0 radical (unpaired) electrons. The summed E-state index contributed by atoms with van der Waals surface area (Å²) in [5.41, 5.74) is 1.82. The summed E-state index contributed by atoms with van der Waals surface area (Å²) in [4.78, 5) is 24.7. The molecular weight excluding hydrogens is 310 g/mol. The van der Waals surface area contributed by atoms with E-state index in [2.05, 4.69) is 25.9 Å². The summed E-state index contributed by atoms with van der Waals surface area (Å²) in [6.07, 6.45) is 1.88. The average molecular weight is 335 g/mol. The van der Waals surface area contributed by atoms with Gasteiger partial charge in [-0.3, -0.25) is 0 Å². The first kappa shape index (κ1) is 17.7. The zero-order valence-corrected chi connectivity index (χ0v) is 16.0. The van der Waals surface area contributed by atoms with E-state index in [0.29, 0.717) is 11.3 Å². The number of oxime groups is 1. The Morgan fingerprint density at radius 3 is 2.17 bits per heavy atom. The summed E-state index contributed by atoms with van der Waals surface area (Å²) in [6.45, 7) is 12.4. The lowest BCUT2D eigenvalue weighted by Gasteiger charge is -2.18. The van der Waals surface area contributed by atoms with Gasteiger partial charge in [-0.25, -0.2) is 9.78 Å². The average Bonchev–Trinajstić information content (AvgIpc) is 2.93. The monoisotopic (exact) mass is 335 g/mol. The minimum Gasteiger partial charge on any atom is -0.354 e. The minimum atomic E-state index is -0.394. The van der Waals surface area contributed by atoms with Crippen molar-refractivity contribution in [3.05, 3.63) is 16.1 Å². The Hall–Kier alpha value is -1.69. The van der Waals surface area contributed by atoms with Crippen LogP contribution >= 0.6 is 11.3 Å². The van der Waals surface area contributed by atoms with E-state index in [-0.39, 0.29) is 10.8 Å². The second kappa shape index (κ2) is 5.74. The van der Waals surface area contributed by atoms with Crippen molar-refractivity contribution in [2.75, 3.05) is 19.0 Å². The summed E-state index contributed by atoms with van der Waals surface area (Å²) >= 11 is 1.57. The Labute approximate surface area is 142 Å². The standard InChI is InChI=1S/C17H25N3O2S/c1-16(2,3)12-10(14(21)22-19-12)9-11-13(17(4,5)6)18-15(23-11)20(7)8/h9H,1-8H3. The van der Waals surface area contributed by atoms with Crippen LogP contribution in [0.3, 0.4) is 0 Å². The van der Waals surface area contributed by atoms with Gasteiger partial charge >= 0.3 is 5.97 Å². The highest BCUT2D eigenvalue weighted by Crippen LogP contribution is 2.36. The SMILES string of the molecule is CN(C)c1nc(C(C)(C)C)c(C=C2C(=O)ON=C2C(C)(C)C)s1. The summed E-state index contributed by atoms with van der Waals surface area (Å²) in [5, 5.41) is 4.89. The van der Waals surface area contributed by atoms with Gasteiger partial charge in [0.1, 0.15) is 5.71 Å². The van der Waals surface area contributed by atoms with Crippen LogP contribution in [-0.2, 0) is 15.0 Å². The third-order valence-corrected chi connectivity index (χ3v) is 4.59. The van der Waals surface area contributed by atoms with Crippen LogP contribution < -0.4 is 4.90 Å². The van der Waals surface area contributed by atoms with E-state index >= 15 is 0 Å². The smallest absolute Gasteiger partial charge is 0.354 e. The second-order valence-corrected chi connectivity index (χ2v) is 8.99. The molecule has 0 saturated heterocycles. The van der Waals surface area contributed by atoms with Gasteiger partial charge in [0, 0.05) is 24.9 Å². The number of aromatic nitrogens is 1. The van der Waals surface area contributed by atoms with Crippen LogP contribution in [0.5, 0.6) is 0 Å². The molecule has 5 nitrogen and oxygen atoms in total. The second-order valence-electron chi connectivity index (χ2n) is 7.98. The summed E-state index contributed by atoms with van der Waals surface area (Å²) in [5.74, 6) is -0.394. The van der Waals surface area contributed by atoms with Crippen LogP contribution in [0.1, 0.15) is 52.1 Å². The Morgan fingerprint density at radius 1 is 1.09 bits per heavy atom. The normalized spacial score (nSPS) is 17.5. The molecule has 1 aliphatic rings. The molecule has 2 heterocycles. The van der Waals surface area contributed by atoms with Gasteiger partial charge in [-0.1, -0.05) is 58.0 Å². The third-order valence-electron chi connectivity index (χ3n) is 3.42. The van der Waals surface area contributed by atoms with Crippen LogP contribution in [-0.4, -0.2) is 30.8 Å². The molecule has 23 heavy (non-hydrogen) atoms. The van der Waals surface area contributed by atoms with Crippen molar-refractivity contribution >= 4 is 34.2 Å². The van der Waals surface area contributed by atoms with Gasteiger partial charge in [0.2, 0.25) is 0 Å². The molecule has 0 unspecified atom stereocenters. The Bertz CT molecular complexity index is 686. The first-order valence-corrected chi connectivity index (χ1v) is 8.43. The fourth-order valence-electron chi connectivity index (χ4n) is 2.23. The lowest BCUT2D eigenvalue weighted by molar-refractivity contribution is -0.136. The van der Waals surface area contributed by atoms with E-state index in [1.807, 2.05) is 45.8 Å². The lowest BCUT2D eigenvalue weighted by atomic mass is 9.85. The Balaban J connectivity index is 2.58. The Morgan fingerprint density at radius 2 is 1.70 bits per heavy atom. The van der Waals surface area contributed by atoms with Gasteiger partial charge in [-0.05, 0) is 6.08 Å².